The first-order valence-electron chi connectivity index (χ1n) is 5.19. The molecule has 0 atom stereocenters. The number of ether oxygens (including phenoxy) is 1. The number of carbonyl (C=O) groups is 1. The molecule has 3 nitrogen and oxygen atoms in total. The summed E-state index contributed by atoms with van der Waals surface area (Å²) in [5.41, 5.74) is 5.49. The van der Waals surface area contributed by atoms with Crippen molar-refractivity contribution in [1.82, 2.24) is 0 Å². The maximum absolute atomic E-state index is 13.4. The van der Waals surface area contributed by atoms with Crippen LogP contribution >= 0.6 is 31.9 Å². The van der Waals surface area contributed by atoms with Crippen LogP contribution in [0.3, 0.4) is 0 Å². The van der Waals surface area contributed by atoms with Gasteiger partial charge < -0.3 is 10.5 Å². The lowest BCUT2D eigenvalue weighted by Crippen LogP contribution is -2.12. The lowest BCUT2D eigenvalue weighted by Gasteiger charge is -2.10. The SMILES string of the molecule is NC(=O)c1cc(Br)ccc1Oc1ccc(Br)c(F)c1. The van der Waals surface area contributed by atoms with Crippen molar-refractivity contribution in [2.75, 3.05) is 0 Å². The Morgan fingerprint density at radius 2 is 1.89 bits per heavy atom. The largest absolute Gasteiger partial charge is 0.456 e. The van der Waals surface area contributed by atoms with E-state index in [0.717, 1.165) is 0 Å². The third kappa shape index (κ3) is 3.33. The summed E-state index contributed by atoms with van der Waals surface area (Å²) in [6.07, 6.45) is 0. The third-order valence-corrected chi connectivity index (χ3v) is 3.46. The number of hydrogen-bond acceptors (Lipinski definition) is 2. The van der Waals surface area contributed by atoms with Gasteiger partial charge >= 0.3 is 0 Å². The Morgan fingerprint density at radius 3 is 2.53 bits per heavy atom. The summed E-state index contributed by atoms with van der Waals surface area (Å²) in [4.78, 5) is 11.3. The first-order chi connectivity index (χ1) is 8.97. The number of benzene rings is 2. The number of amides is 1. The molecule has 19 heavy (non-hydrogen) atoms. The second-order valence-electron chi connectivity index (χ2n) is 3.68. The third-order valence-electron chi connectivity index (χ3n) is 2.33. The average molecular weight is 389 g/mol. The van der Waals surface area contributed by atoms with Gasteiger partial charge in [0.15, 0.2) is 0 Å². The van der Waals surface area contributed by atoms with E-state index < -0.39 is 11.7 Å². The van der Waals surface area contributed by atoms with Crippen LogP contribution in [0.5, 0.6) is 11.5 Å². The van der Waals surface area contributed by atoms with Crippen molar-refractivity contribution in [1.29, 1.82) is 0 Å². The minimum absolute atomic E-state index is 0.220. The van der Waals surface area contributed by atoms with Crippen LogP contribution in [-0.2, 0) is 0 Å². The number of primary amides is 1. The van der Waals surface area contributed by atoms with Gasteiger partial charge in [0.05, 0.1) is 10.0 Å². The van der Waals surface area contributed by atoms with Gasteiger partial charge in [-0.15, -0.1) is 0 Å². The molecule has 2 aromatic carbocycles. The summed E-state index contributed by atoms with van der Waals surface area (Å²) < 4.78 is 19.9. The zero-order chi connectivity index (χ0) is 14.0. The molecule has 0 aliphatic rings. The van der Waals surface area contributed by atoms with Crippen LogP contribution in [-0.4, -0.2) is 5.91 Å². The zero-order valence-corrected chi connectivity index (χ0v) is 12.7. The highest BCUT2D eigenvalue weighted by molar-refractivity contribution is 9.10. The summed E-state index contributed by atoms with van der Waals surface area (Å²) in [6, 6.07) is 9.17. The van der Waals surface area contributed by atoms with Gasteiger partial charge in [-0.1, -0.05) is 15.9 Å². The molecule has 0 spiro atoms. The van der Waals surface area contributed by atoms with Gasteiger partial charge in [0, 0.05) is 10.5 Å². The molecule has 2 aromatic rings. The number of carbonyl (C=O) groups excluding carboxylic acids is 1. The highest BCUT2D eigenvalue weighted by Crippen LogP contribution is 2.29. The van der Waals surface area contributed by atoms with Crippen LogP contribution < -0.4 is 10.5 Å². The Kier molecular flexibility index (Phi) is 4.21. The predicted molar refractivity (Wildman–Crippen MR) is 76.8 cm³/mol. The van der Waals surface area contributed by atoms with E-state index in [1.54, 1.807) is 24.3 Å². The molecule has 2 N–H and O–H groups in total. The highest BCUT2D eigenvalue weighted by atomic mass is 79.9. The molecule has 0 saturated carbocycles. The highest BCUT2D eigenvalue weighted by Gasteiger charge is 2.11. The summed E-state index contributed by atoms with van der Waals surface area (Å²) in [7, 11) is 0. The van der Waals surface area contributed by atoms with Crippen LogP contribution in [0.1, 0.15) is 10.4 Å². The monoisotopic (exact) mass is 387 g/mol. The fourth-order valence-corrected chi connectivity index (χ4v) is 2.06. The van der Waals surface area contributed by atoms with Gasteiger partial charge in [0.1, 0.15) is 17.3 Å². The van der Waals surface area contributed by atoms with E-state index >= 15 is 0 Å². The molecule has 0 aliphatic heterocycles. The summed E-state index contributed by atoms with van der Waals surface area (Å²) in [6.45, 7) is 0. The molecular weight excluding hydrogens is 381 g/mol. The van der Waals surface area contributed by atoms with Gasteiger partial charge in [0.2, 0.25) is 0 Å². The molecule has 2 rings (SSSR count). The average Bonchev–Trinajstić information content (AvgIpc) is 2.36. The van der Waals surface area contributed by atoms with Crippen LogP contribution in [0, 0.1) is 5.82 Å². The normalized spacial score (nSPS) is 10.3. The van der Waals surface area contributed by atoms with Gasteiger partial charge in [-0.05, 0) is 46.3 Å². The Balaban J connectivity index is 2.37. The molecule has 0 aliphatic carbocycles. The molecule has 0 unspecified atom stereocenters. The molecule has 98 valence electrons. The van der Waals surface area contributed by atoms with Crippen molar-refractivity contribution < 1.29 is 13.9 Å². The molecule has 0 bridgehead atoms. The number of rotatable bonds is 3. The van der Waals surface area contributed by atoms with E-state index in [1.165, 1.54) is 12.1 Å². The summed E-state index contributed by atoms with van der Waals surface area (Å²) in [5.74, 6) is -0.507. The molecule has 0 heterocycles. The fourth-order valence-electron chi connectivity index (χ4n) is 1.45. The number of halogens is 3. The van der Waals surface area contributed by atoms with E-state index in [9.17, 15) is 9.18 Å². The molecule has 0 aromatic heterocycles. The van der Waals surface area contributed by atoms with Crippen molar-refractivity contribution >= 4 is 37.8 Å². The lowest BCUT2D eigenvalue weighted by atomic mass is 10.2. The lowest BCUT2D eigenvalue weighted by molar-refractivity contribution is 0.0998. The van der Waals surface area contributed by atoms with E-state index in [2.05, 4.69) is 31.9 Å². The number of nitrogens with two attached hydrogens (primary N) is 1. The van der Waals surface area contributed by atoms with Crippen molar-refractivity contribution in [3.63, 3.8) is 0 Å². The minimum Gasteiger partial charge on any atom is -0.456 e. The van der Waals surface area contributed by atoms with Crippen LogP contribution in [0.15, 0.2) is 45.3 Å². The topological polar surface area (TPSA) is 52.3 Å². The van der Waals surface area contributed by atoms with E-state index in [1.807, 2.05) is 0 Å². The van der Waals surface area contributed by atoms with Crippen molar-refractivity contribution in [3.8, 4) is 11.5 Å². The second kappa shape index (κ2) is 5.71. The number of hydrogen-bond donors (Lipinski definition) is 1. The van der Waals surface area contributed by atoms with E-state index in [0.29, 0.717) is 8.95 Å². The van der Waals surface area contributed by atoms with Crippen LogP contribution in [0.2, 0.25) is 0 Å². The Hall–Kier alpha value is -1.40. The predicted octanol–water partition coefficient (Wildman–Crippen LogP) is 4.24. The Labute approximate surface area is 125 Å². The van der Waals surface area contributed by atoms with Gasteiger partial charge in [-0.2, -0.15) is 0 Å². The van der Waals surface area contributed by atoms with Crippen molar-refractivity contribution in [3.05, 3.63) is 56.7 Å². The Bertz CT molecular complexity index is 647. The first kappa shape index (κ1) is 14.0. The fraction of sp³-hybridized carbons (Fsp3) is 0. The first-order valence-corrected chi connectivity index (χ1v) is 6.78. The standard InChI is InChI=1S/C13H8Br2FNO2/c14-7-1-4-12(9(5-7)13(17)18)19-8-2-3-10(15)11(16)6-8/h1-6H,(H2,17,18). The molecule has 0 saturated heterocycles. The minimum atomic E-state index is -0.617. The van der Waals surface area contributed by atoms with Crippen molar-refractivity contribution in [2.45, 2.75) is 0 Å². The van der Waals surface area contributed by atoms with Gasteiger partial charge in [0.25, 0.3) is 5.91 Å². The van der Waals surface area contributed by atoms with E-state index in [-0.39, 0.29) is 17.1 Å². The maximum atomic E-state index is 13.4. The van der Waals surface area contributed by atoms with Gasteiger partial charge in [-0.3, -0.25) is 4.79 Å². The molecular formula is C13H8Br2FNO2. The van der Waals surface area contributed by atoms with Crippen LogP contribution in [0.25, 0.3) is 0 Å². The summed E-state index contributed by atoms with van der Waals surface area (Å²) in [5, 5.41) is 0. The van der Waals surface area contributed by atoms with Crippen LogP contribution in [0.4, 0.5) is 4.39 Å². The maximum Gasteiger partial charge on any atom is 0.252 e. The Morgan fingerprint density at radius 1 is 1.16 bits per heavy atom. The molecule has 6 heteroatoms. The second-order valence-corrected chi connectivity index (χ2v) is 5.45. The molecule has 1 amide bonds. The molecule has 0 radical (unpaired) electrons. The van der Waals surface area contributed by atoms with Gasteiger partial charge in [-0.25, -0.2) is 4.39 Å². The van der Waals surface area contributed by atoms with E-state index in [4.69, 9.17) is 10.5 Å². The zero-order valence-electron chi connectivity index (χ0n) is 9.49. The summed E-state index contributed by atoms with van der Waals surface area (Å²) >= 11 is 6.29. The quantitative estimate of drug-likeness (QED) is 0.854. The smallest absolute Gasteiger partial charge is 0.252 e. The van der Waals surface area contributed by atoms with Crippen molar-refractivity contribution in [2.24, 2.45) is 5.73 Å². The molecule has 0 fully saturated rings.